The standard InChI is InChI=1S/C20H32BN3O4/c1-13-16(22)10-14(11-23-13)9-15(12-24-17(25)26-18(2,3)4)21-27-19(5,6)20(7,8)28-21/h9-11H,12,22H2,1-8H3,(H,24,25). The van der Waals surface area contributed by atoms with Crippen molar-refractivity contribution in [2.24, 2.45) is 0 Å². The molecule has 0 aliphatic carbocycles. The fraction of sp³-hybridized carbons (Fsp3) is 0.600. The highest BCUT2D eigenvalue weighted by Gasteiger charge is 2.52. The Morgan fingerprint density at radius 1 is 1.29 bits per heavy atom. The number of amides is 1. The quantitative estimate of drug-likeness (QED) is 0.765. The predicted octanol–water partition coefficient (Wildman–Crippen LogP) is 3.51. The van der Waals surface area contributed by atoms with Gasteiger partial charge in [-0.2, -0.15) is 0 Å². The van der Waals surface area contributed by atoms with Gasteiger partial charge >= 0.3 is 13.2 Å². The van der Waals surface area contributed by atoms with Crippen LogP contribution in [-0.4, -0.2) is 41.5 Å². The van der Waals surface area contributed by atoms with Crippen molar-refractivity contribution >= 4 is 25.0 Å². The Bertz CT molecular complexity index is 753. The van der Waals surface area contributed by atoms with Gasteiger partial charge in [-0.3, -0.25) is 4.98 Å². The summed E-state index contributed by atoms with van der Waals surface area (Å²) in [4.78, 5) is 16.4. The van der Waals surface area contributed by atoms with Gasteiger partial charge in [0.1, 0.15) is 5.60 Å². The molecule has 0 saturated carbocycles. The number of ether oxygens (including phenoxy) is 1. The Labute approximate surface area is 168 Å². The number of hydrogen-bond acceptors (Lipinski definition) is 6. The largest absolute Gasteiger partial charge is 0.492 e. The van der Waals surface area contributed by atoms with Crippen molar-refractivity contribution in [1.82, 2.24) is 10.3 Å². The molecule has 1 aliphatic rings. The van der Waals surface area contributed by atoms with Crippen LogP contribution in [0, 0.1) is 6.92 Å². The Morgan fingerprint density at radius 3 is 2.36 bits per heavy atom. The highest BCUT2D eigenvalue weighted by molar-refractivity contribution is 6.56. The zero-order chi connectivity index (χ0) is 21.3. The van der Waals surface area contributed by atoms with E-state index in [4.69, 9.17) is 19.8 Å². The molecule has 0 aromatic carbocycles. The Hall–Kier alpha value is -2.06. The zero-order valence-electron chi connectivity index (χ0n) is 18.2. The number of aryl methyl sites for hydroxylation is 1. The minimum Gasteiger partial charge on any atom is -0.444 e. The second-order valence-corrected chi connectivity index (χ2v) is 9.11. The molecule has 7 nitrogen and oxygen atoms in total. The molecule has 8 heteroatoms. The van der Waals surface area contributed by atoms with Gasteiger partial charge in [0, 0.05) is 12.7 Å². The molecule has 1 fully saturated rings. The molecule has 1 amide bonds. The van der Waals surface area contributed by atoms with Crippen molar-refractivity contribution in [3.63, 3.8) is 0 Å². The number of nitrogens with one attached hydrogen (secondary N) is 1. The number of pyridine rings is 1. The van der Waals surface area contributed by atoms with Gasteiger partial charge in [0.2, 0.25) is 0 Å². The van der Waals surface area contributed by atoms with E-state index in [9.17, 15) is 4.79 Å². The van der Waals surface area contributed by atoms with Crippen molar-refractivity contribution in [2.75, 3.05) is 12.3 Å². The van der Waals surface area contributed by atoms with E-state index < -0.39 is 30.0 Å². The van der Waals surface area contributed by atoms with Crippen LogP contribution in [0.2, 0.25) is 0 Å². The van der Waals surface area contributed by atoms with Crippen molar-refractivity contribution < 1.29 is 18.8 Å². The van der Waals surface area contributed by atoms with Crippen molar-refractivity contribution in [2.45, 2.75) is 72.2 Å². The van der Waals surface area contributed by atoms with Gasteiger partial charge in [-0.15, -0.1) is 0 Å². The summed E-state index contributed by atoms with van der Waals surface area (Å²) in [6.45, 7) is 15.4. The average Bonchev–Trinajstić information content (AvgIpc) is 2.73. The van der Waals surface area contributed by atoms with E-state index in [1.54, 1.807) is 6.20 Å². The van der Waals surface area contributed by atoms with Crippen molar-refractivity contribution in [3.8, 4) is 0 Å². The van der Waals surface area contributed by atoms with E-state index in [1.165, 1.54) is 0 Å². The lowest BCUT2D eigenvalue weighted by atomic mass is 9.77. The van der Waals surface area contributed by atoms with Gasteiger partial charge in [-0.05, 0) is 72.5 Å². The smallest absolute Gasteiger partial charge is 0.444 e. The summed E-state index contributed by atoms with van der Waals surface area (Å²) in [5.41, 5.74) is 7.34. The molecule has 3 N–H and O–H groups in total. The highest BCUT2D eigenvalue weighted by Crippen LogP contribution is 2.38. The van der Waals surface area contributed by atoms with E-state index in [0.29, 0.717) is 5.69 Å². The maximum Gasteiger partial charge on any atom is 0.492 e. The number of nitrogen functional groups attached to an aromatic ring is 1. The van der Waals surface area contributed by atoms with Crippen molar-refractivity contribution in [1.29, 1.82) is 0 Å². The van der Waals surface area contributed by atoms with Crippen LogP contribution in [0.25, 0.3) is 6.08 Å². The fourth-order valence-corrected chi connectivity index (χ4v) is 2.55. The van der Waals surface area contributed by atoms with E-state index in [-0.39, 0.29) is 6.54 Å². The van der Waals surface area contributed by atoms with Gasteiger partial charge in [0.15, 0.2) is 0 Å². The second kappa shape index (κ2) is 7.76. The third kappa shape index (κ3) is 5.48. The van der Waals surface area contributed by atoms with Crippen LogP contribution in [0.15, 0.2) is 17.7 Å². The van der Waals surface area contributed by atoms with E-state index in [1.807, 2.05) is 67.5 Å². The first-order valence-corrected chi connectivity index (χ1v) is 9.45. The number of alkyl carbamates (subject to hydrolysis) is 1. The minimum atomic E-state index is -0.609. The molecule has 1 saturated heterocycles. The Morgan fingerprint density at radius 2 is 1.86 bits per heavy atom. The molecular formula is C20H32BN3O4. The van der Waals surface area contributed by atoms with Crippen LogP contribution in [0.5, 0.6) is 0 Å². The lowest BCUT2D eigenvalue weighted by Gasteiger charge is -2.32. The van der Waals surface area contributed by atoms with E-state index in [2.05, 4.69) is 10.3 Å². The number of anilines is 1. The summed E-state index contributed by atoms with van der Waals surface area (Å²) in [6.07, 6.45) is 3.10. The molecule has 28 heavy (non-hydrogen) atoms. The molecule has 0 radical (unpaired) electrons. The molecule has 0 spiro atoms. The van der Waals surface area contributed by atoms with Crippen LogP contribution in [0.1, 0.15) is 59.7 Å². The molecule has 2 heterocycles. The third-order valence-electron chi connectivity index (χ3n) is 4.89. The van der Waals surface area contributed by atoms with Crippen LogP contribution < -0.4 is 11.1 Å². The Balaban J connectivity index is 2.27. The molecule has 0 atom stereocenters. The molecule has 154 valence electrons. The summed E-state index contributed by atoms with van der Waals surface area (Å²) in [5.74, 6) is 0. The first kappa shape index (κ1) is 22.2. The lowest BCUT2D eigenvalue weighted by molar-refractivity contribution is 0.00578. The fourth-order valence-electron chi connectivity index (χ4n) is 2.55. The summed E-state index contributed by atoms with van der Waals surface area (Å²) in [5, 5.41) is 2.78. The second-order valence-electron chi connectivity index (χ2n) is 9.11. The van der Waals surface area contributed by atoms with Crippen LogP contribution in [0.4, 0.5) is 10.5 Å². The summed E-state index contributed by atoms with van der Waals surface area (Å²) < 4.78 is 17.6. The average molecular weight is 389 g/mol. The summed E-state index contributed by atoms with van der Waals surface area (Å²) in [7, 11) is -0.609. The molecule has 0 unspecified atom stereocenters. The monoisotopic (exact) mass is 389 g/mol. The molecule has 1 aromatic rings. The van der Waals surface area contributed by atoms with Gasteiger partial charge in [0.05, 0.1) is 22.6 Å². The topological polar surface area (TPSA) is 95.7 Å². The number of carbonyl (C=O) groups is 1. The maximum atomic E-state index is 12.1. The normalized spacial score (nSPS) is 18.9. The highest BCUT2D eigenvalue weighted by atomic mass is 16.7. The van der Waals surface area contributed by atoms with Crippen LogP contribution in [-0.2, 0) is 14.0 Å². The molecular weight excluding hydrogens is 357 g/mol. The van der Waals surface area contributed by atoms with E-state index >= 15 is 0 Å². The number of rotatable bonds is 4. The number of carbonyl (C=O) groups excluding carboxylic acids is 1. The zero-order valence-corrected chi connectivity index (χ0v) is 18.2. The van der Waals surface area contributed by atoms with Crippen LogP contribution in [0.3, 0.4) is 0 Å². The number of nitrogens with two attached hydrogens (primary N) is 1. The first-order chi connectivity index (χ1) is 12.7. The van der Waals surface area contributed by atoms with Gasteiger partial charge in [-0.1, -0.05) is 6.08 Å². The summed E-state index contributed by atoms with van der Waals surface area (Å²) in [6, 6.07) is 1.83. The predicted molar refractivity (Wildman–Crippen MR) is 112 cm³/mol. The van der Waals surface area contributed by atoms with E-state index in [0.717, 1.165) is 16.7 Å². The Kier molecular flexibility index (Phi) is 6.16. The lowest BCUT2D eigenvalue weighted by Crippen LogP contribution is -2.41. The SMILES string of the molecule is Cc1ncc(C=C(CNC(=O)OC(C)(C)C)B2OC(C)(C)C(C)(C)O2)cc1N. The number of nitrogens with zero attached hydrogens (tertiary/aromatic N) is 1. The molecule has 1 aliphatic heterocycles. The number of hydrogen-bond donors (Lipinski definition) is 2. The molecule has 1 aromatic heterocycles. The van der Waals surface area contributed by atoms with Gasteiger partial charge in [-0.25, -0.2) is 4.79 Å². The first-order valence-electron chi connectivity index (χ1n) is 9.45. The van der Waals surface area contributed by atoms with Gasteiger partial charge in [0.25, 0.3) is 0 Å². The molecule has 2 rings (SSSR count). The minimum absolute atomic E-state index is 0.208. The number of aromatic nitrogens is 1. The van der Waals surface area contributed by atoms with Crippen LogP contribution >= 0.6 is 0 Å². The van der Waals surface area contributed by atoms with Gasteiger partial charge < -0.3 is 25.1 Å². The summed E-state index contributed by atoms with van der Waals surface area (Å²) >= 11 is 0. The third-order valence-corrected chi connectivity index (χ3v) is 4.89. The van der Waals surface area contributed by atoms with Crippen molar-refractivity contribution in [3.05, 3.63) is 29.0 Å². The maximum absolute atomic E-state index is 12.1. The molecule has 0 bridgehead atoms.